The Morgan fingerprint density at radius 2 is 1.47 bits per heavy atom. The van der Waals surface area contributed by atoms with Crippen LogP contribution in [0.4, 0.5) is 0 Å². The molecule has 0 bridgehead atoms. The molecular formula is C26H34Cl2SiTi-4. The molecule has 0 nitrogen and oxygen atoms in total. The van der Waals surface area contributed by atoms with Crippen molar-refractivity contribution in [3.8, 4) is 0 Å². The zero-order chi connectivity index (χ0) is 19.1. The summed E-state index contributed by atoms with van der Waals surface area (Å²) in [4.78, 5) is 0. The van der Waals surface area contributed by atoms with Gasteiger partial charge < -0.3 is 14.9 Å². The SMILES string of the molecule is CCc1cc2ccccc2[cH-]1.Cc1cc2c(C(C)C)cccc2[cH-]1.Cl.Cl.[CH3-].[CH3-].[Si]=[Ti]. The first-order valence-corrected chi connectivity index (χ1v) is 12.0. The minimum absolute atomic E-state index is 0. The molecule has 0 N–H and O–H groups in total. The Labute approximate surface area is 210 Å². The van der Waals surface area contributed by atoms with Gasteiger partial charge in [0.05, 0.1) is 0 Å². The predicted molar refractivity (Wildman–Crippen MR) is 140 cm³/mol. The van der Waals surface area contributed by atoms with Gasteiger partial charge in [-0.3, -0.25) is 0 Å². The van der Waals surface area contributed by atoms with Crippen LogP contribution < -0.4 is 0 Å². The van der Waals surface area contributed by atoms with Crippen LogP contribution in [0.25, 0.3) is 21.5 Å². The van der Waals surface area contributed by atoms with E-state index in [0.717, 1.165) is 6.42 Å². The van der Waals surface area contributed by atoms with E-state index in [1.165, 1.54) is 38.2 Å². The van der Waals surface area contributed by atoms with Gasteiger partial charge >= 0.3 is 26.8 Å². The molecule has 0 atom stereocenters. The Kier molecular flexibility index (Phi) is 18.9. The van der Waals surface area contributed by atoms with E-state index < -0.39 is 0 Å². The third-order valence-electron chi connectivity index (χ3n) is 4.64. The molecule has 2 radical (unpaired) electrons. The third-order valence-corrected chi connectivity index (χ3v) is 4.64. The van der Waals surface area contributed by atoms with Crippen molar-refractivity contribution in [3.05, 3.63) is 98.3 Å². The van der Waals surface area contributed by atoms with Crippen LogP contribution in [0, 0.1) is 21.8 Å². The molecule has 4 aromatic rings. The van der Waals surface area contributed by atoms with Crippen molar-refractivity contribution < 1.29 is 19.2 Å². The summed E-state index contributed by atoms with van der Waals surface area (Å²) in [6.45, 7) is 8.84. The number of fused-ring (bicyclic) bond motifs is 2. The molecule has 0 aliphatic heterocycles. The second kappa shape index (κ2) is 16.8. The molecule has 0 heterocycles. The van der Waals surface area contributed by atoms with E-state index in [-0.39, 0.29) is 39.7 Å². The van der Waals surface area contributed by atoms with E-state index in [0.29, 0.717) is 5.92 Å². The molecular weight excluding hydrogens is 459 g/mol. The summed E-state index contributed by atoms with van der Waals surface area (Å²) in [5.41, 5.74) is 4.26. The molecule has 0 spiro atoms. The molecule has 4 heteroatoms. The van der Waals surface area contributed by atoms with Gasteiger partial charge in [0.2, 0.25) is 0 Å². The van der Waals surface area contributed by atoms with Crippen LogP contribution in [-0.2, 0) is 25.6 Å². The molecule has 164 valence electrons. The van der Waals surface area contributed by atoms with Gasteiger partial charge in [0.15, 0.2) is 0 Å². The molecule has 30 heavy (non-hydrogen) atoms. The summed E-state index contributed by atoms with van der Waals surface area (Å²) in [7, 11) is 2.97. The number of rotatable bonds is 2. The maximum atomic E-state index is 2.97. The Hall–Kier alpha value is -0.829. The van der Waals surface area contributed by atoms with Crippen molar-refractivity contribution in [2.24, 2.45) is 0 Å². The summed E-state index contributed by atoms with van der Waals surface area (Å²) in [6, 6.07) is 24.1. The molecule has 0 saturated carbocycles. The molecule has 0 aliphatic carbocycles. The van der Waals surface area contributed by atoms with E-state index >= 15 is 0 Å². The van der Waals surface area contributed by atoms with Crippen LogP contribution in [0.15, 0.2) is 66.7 Å². The third kappa shape index (κ3) is 8.73. The fraction of sp³-hybridized carbons (Fsp3) is 0.231. The van der Waals surface area contributed by atoms with Crippen LogP contribution in [0.1, 0.15) is 43.4 Å². The molecule has 4 rings (SSSR count). The molecule has 0 aliphatic rings. The normalized spacial score (nSPS) is 8.93. The zero-order valence-corrected chi connectivity index (χ0v) is 23.1. The number of aryl methyl sites for hydroxylation is 2. The Balaban J connectivity index is -0.000000403. The van der Waals surface area contributed by atoms with Crippen LogP contribution >= 0.6 is 24.8 Å². The van der Waals surface area contributed by atoms with Crippen LogP contribution in [0.5, 0.6) is 0 Å². The maximum absolute atomic E-state index is 2.97. The monoisotopic (exact) mass is 492 g/mol. The first-order chi connectivity index (χ1) is 12.6. The van der Waals surface area contributed by atoms with Crippen molar-refractivity contribution in [2.75, 3.05) is 0 Å². The van der Waals surface area contributed by atoms with Gasteiger partial charge in [-0.1, -0.05) is 45.4 Å². The minimum atomic E-state index is 0. The topological polar surface area (TPSA) is 0 Å². The first kappa shape index (κ1) is 33.8. The Bertz CT molecular complexity index is 936. The van der Waals surface area contributed by atoms with Crippen LogP contribution in [0.2, 0.25) is 0 Å². The number of benzene rings is 2. The molecule has 0 fully saturated rings. The molecule has 0 saturated heterocycles. The van der Waals surface area contributed by atoms with E-state index in [1.807, 2.05) is 0 Å². The van der Waals surface area contributed by atoms with Crippen molar-refractivity contribution in [1.29, 1.82) is 0 Å². The van der Waals surface area contributed by atoms with Gasteiger partial charge in [0, 0.05) is 0 Å². The van der Waals surface area contributed by atoms with E-state index in [1.54, 1.807) is 19.2 Å². The molecule has 0 aromatic heterocycles. The Morgan fingerprint density at radius 1 is 0.867 bits per heavy atom. The van der Waals surface area contributed by atoms with E-state index in [4.69, 9.17) is 0 Å². The van der Waals surface area contributed by atoms with Gasteiger partial charge in [-0.25, -0.2) is 0 Å². The average Bonchev–Trinajstić information content (AvgIpc) is 3.25. The quantitative estimate of drug-likeness (QED) is 0.194. The van der Waals surface area contributed by atoms with Crippen molar-refractivity contribution in [1.82, 2.24) is 0 Å². The van der Waals surface area contributed by atoms with Gasteiger partial charge in [-0.15, -0.1) is 100.0 Å². The second-order valence-corrected chi connectivity index (χ2v) is 6.88. The summed E-state index contributed by atoms with van der Waals surface area (Å²) < 4.78 is 0. The Morgan fingerprint density at radius 3 is 2.03 bits per heavy atom. The van der Waals surface area contributed by atoms with Gasteiger partial charge in [-0.05, 0) is 12.3 Å². The van der Waals surface area contributed by atoms with Crippen molar-refractivity contribution in [2.45, 2.75) is 40.0 Å². The predicted octanol–water partition coefficient (Wildman–Crippen LogP) is 8.47. The first-order valence-electron chi connectivity index (χ1n) is 9.13. The fourth-order valence-electron chi connectivity index (χ4n) is 3.33. The molecule has 4 aromatic carbocycles. The van der Waals surface area contributed by atoms with E-state index in [2.05, 4.69) is 102 Å². The molecule has 0 amide bonds. The van der Waals surface area contributed by atoms with Gasteiger partial charge in [0.1, 0.15) is 0 Å². The second-order valence-electron chi connectivity index (χ2n) is 6.88. The van der Waals surface area contributed by atoms with Gasteiger partial charge in [0.25, 0.3) is 0 Å². The summed E-state index contributed by atoms with van der Waals surface area (Å²) in [6.07, 6.45) is 1.13. The van der Waals surface area contributed by atoms with Crippen molar-refractivity contribution >= 4 is 54.0 Å². The molecule has 0 unspecified atom stereocenters. The number of hydrogen-bond donors (Lipinski definition) is 0. The standard InChI is InChI=1S/C13H15.C11H11.2CH3.2ClH.Si.Ti/c1-9(2)12-6-4-5-11-7-10(3)8-13(11)12;1-2-9-7-10-5-3-4-6-11(10)8-9;;;;;;/h4-9H,1-3H3;3-8H,2H2,1H3;2*1H3;2*1H;;/q4*-1;;;;. The van der Waals surface area contributed by atoms with Gasteiger partial charge in [-0.2, -0.15) is 12.1 Å². The summed E-state index contributed by atoms with van der Waals surface area (Å²) >= 11 is 1.81. The van der Waals surface area contributed by atoms with Crippen LogP contribution in [0.3, 0.4) is 0 Å². The van der Waals surface area contributed by atoms with Crippen molar-refractivity contribution in [3.63, 3.8) is 0 Å². The zero-order valence-electron chi connectivity index (χ0n) is 19.0. The fourth-order valence-corrected chi connectivity index (χ4v) is 3.33. The average molecular weight is 493 g/mol. The number of hydrogen-bond acceptors (Lipinski definition) is 0. The van der Waals surface area contributed by atoms with Crippen LogP contribution in [-0.4, -0.2) is 7.63 Å². The summed E-state index contributed by atoms with van der Waals surface area (Å²) in [5, 5.41) is 5.53. The van der Waals surface area contributed by atoms with E-state index in [9.17, 15) is 0 Å². The summed E-state index contributed by atoms with van der Waals surface area (Å²) in [5.74, 6) is 0.616. The number of halogens is 2.